The van der Waals surface area contributed by atoms with Gasteiger partial charge in [-0.15, -0.1) is 0 Å². The monoisotopic (exact) mass is 322 g/mol. The van der Waals surface area contributed by atoms with Crippen molar-refractivity contribution < 1.29 is 0 Å². The predicted molar refractivity (Wildman–Crippen MR) is 95.2 cm³/mol. The summed E-state index contributed by atoms with van der Waals surface area (Å²) in [5.74, 6) is 1.52. The van der Waals surface area contributed by atoms with Crippen molar-refractivity contribution in [1.82, 2.24) is 19.7 Å². The van der Waals surface area contributed by atoms with Gasteiger partial charge in [0.15, 0.2) is 5.65 Å². The van der Waals surface area contributed by atoms with Crippen LogP contribution < -0.4 is 10.6 Å². The molecule has 2 unspecified atom stereocenters. The van der Waals surface area contributed by atoms with Crippen molar-refractivity contribution in [3.8, 4) is 5.69 Å². The fourth-order valence-corrected chi connectivity index (χ4v) is 3.69. The van der Waals surface area contributed by atoms with Gasteiger partial charge in [-0.25, -0.2) is 14.6 Å². The molecule has 0 bridgehead atoms. The Morgan fingerprint density at radius 2 is 2.04 bits per heavy atom. The molecule has 2 atom stereocenters. The van der Waals surface area contributed by atoms with Crippen LogP contribution in [-0.4, -0.2) is 38.9 Å². The minimum absolute atomic E-state index is 0.317. The molecule has 4 rings (SSSR count). The van der Waals surface area contributed by atoms with Crippen LogP contribution in [0.5, 0.6) is 0 Å². The van der Waals surface area contributed by atoms with E-state index in [1.165, 1.54) is 6.42 Å². The molecule has 1 aliphatic heterocycles. The van der Waals surface area contributed by atoms with Gasteiger partial charge in [0.1, 0.15) is 12.1 Å². The van der Waals surface area contributed by atoms with E-state index in [9.17, 15) is 0 Å². The van der Waals surface area contributed by atoms with E-state index in [1.54, 1.807) is 6.33 Å². The second-order valence-electron chi connectivity index (χ2n) is 6.44. The van der Waals surface area contributed by atoms with Gasteiger partial charge in [0.2, 0.25) is 0 Å². The van der Waals surface area contributed by atoms with E-state index in [4.69, 9.17) is 5.73 Å². The van der Waals surface area contributed by atoms with Crippen LogP contribution in [0.4, 0.5) is 5.82 Å². The molecule has 2 N–H and O–H groups in total. The second kappa shape index (κ2) is 6.20. The molecule has 0 saturated carbocycles. The molecule has 1 aliphatic rings. The van der Waals surface area contributed by atoms with Crippen LogP contribution in [0.15, 0.2) is 42.9 Å². The lowest BCUT2D eigenvalue weighted by Gasteiger charge is -2.40. The van der Waals surface area contributed by atoms with Crippen LogP contribution >= 0.6 is 0 Å². The summed E-state index contributed by atoms with van der Waals surface area (Å²) >= 11 is 0. The van der Waals surface area contributed by atoms with Gasteiger partial charge in [0, 0.05) is 19.1 Å². The highest BCUT2D eigenvalue weighted by molar-refractivity contribution is 5.87. The molecule has 0 amide bonds. The molecule has 0 radical (unpaired) electrons. The fraction of sp³-hybridized carbons (Fsp3) is 0.389. The lowest BCUT2D eigenvalue weighted by Crippen LogP contribution is -2.49. The van der Waals surface area contributed by atoms with Crippen molar-refractivity contribution >= 4 is 16.9 Å². The topological polar surface area (TPSA) is 72.9 Å². The first-order chi connectivity index (χ1) is 11.8. The van der Waals surface area contributed by atoms with E-state index in [0.29, 0.717) is 18.5 Å². The van der Waals surface area contributed by atoms with Crippen molar-refractivity contribution in [3.05, 3.63) is 42.9 Å². The number of benzene rings is 1. The van der Waals surface area contributed by atoms with E-state index in [-0.39, 0.29) is 0 Å². The van der Waals surface area contributed by atoms with Crippen molar-refractivity contribution in [1.29, 1.82) is 0 Å². The van der Waals surface area contributed by atoms with E-state index in [2.05, 4.69) is 26.9 Å². The fourth-order valence-electron chi connectivity index (χ4n) is 3.69. The minimum atomic E-state index is 0.317. The molecule has 24 heavy (non-hydrogen) atoms. The molecule has 6 heteroatoms. The molecule has 1 aromatic carbocycles. The number of piperidine rings is 1. The van der Waals surface area contributed by atoms with Gasteiger partial charge in [-0.3, -0.25) is 0 Å². The van der Waals surface area contributed by atoms with Gasteiger partial charge < -0.3 is 10.6 Å². The highest BCUT2D eigenvalue weighted by Gasteiger charge is 2.30. The predicted octanol–water partition coefficient (Wildman–Crippen LogP) is 2.38. The molecule has 1 fully saturated rings. The van der Waals surface area contributed by atoms with Gasteiger partial charge in [0.05, 0.1) is 17.3 Å². The Kier molecular flexibility index (Phi) is 3.90. The van der Waals surface area contributed by atoms with Gasteiger partial charge in [0.25, 0.3) is 0 Å². The number of fused-ring (bicyclic) bond motifs is 1. The van der Waals surface area contributed by atoms with Crippen molar-refractivity contribution in [2.24, 2.45) is 11.7 Å². The second-order valence-corrected chi connectivity index (χ2v) is 6.44. The standard InChI is InChI=1S/C18H22N6/c1-13-6-5-9-23(16(13)10-19)17-15-11-22-24(18(15)21-12-20-17)14-7-3-2-4-8-14/h2-4,7-8,11-13,16H,5-6,9-10,19H2,1H3. The highest BCUT2D eigenvalue weighted by Crippen LogP contribution is 2.31. The molecule has 3 aromatic rings. The number of anilines is 1. The SMILES string of the molecule is CC1CCCN(c2ncnc3c2cnn3-c2ccccc2)C1CN. The zero-order valence-corrected chi connectivity index (χ0v) is 13.8. The molecule has 0 aliphatic carbocycles. The number of nitrogens with two attached hydrogens (primary N) is 1. The molecular formula is C18H22N6. The molecular weight excluding hydrogens is 300 g/mol. The maximum absolute atomic E-state index is 6.06. The summed E-state index contributed by atoms with van der Waals surface area (Å²) in [5.41, 5.74) is 7.89. The van der Waals surface area contributed by atoms with Crippen LogP contribution in [0.3, 0.4) is 0 Å². The first-order valence-corrected chi connectivity index (χ1v) is 8.50. The number of hydrogen-bond acceptors (Lipinski definition) is 5. The zero-order valence-electron chi connectivity index (χ0n) is 13.8. The van der Waals surface area contributed by atoms with Crippen LogP contribution in [-0.2, 0) is 0 Å². The third kappa shape index (κ3) is 2.43. The van der Waals surface area contributed by atoms with E-state index in [0.717, 1.165) is 35.5 Å². The molecule has 0 spiro atoms. The van der Waals surface area contributed by atoms with Crippen molar-refractivity contribution in [3.63, 3.8) is 0 Å². The summed E-state index contributed by atoms with van der Waals surface area (Å²) in [7, 11) is 0. The van der Waals surface area contributed by atoms with Crippen LogP contribution in [0.1, 0.15) is 19.8 Å². The van der Waals surface area contributed by atoms with Gasteiger partial charge in [-0.2, -0.15) is 5.10 Å². The van der Waals surface area contributed by atoms with Crippen LogP contribution in [0.2, 0.25) is 0 Å². The lowest BCUT2D eigenvalue weighted by atomic mass is 9.90. The smallest absolute Gasteiger partial charge is 0.168 e. The summed E-state index contributed by atoms with van der Waals surface area (Å²) in [6.07, 6.45) is 5.88. The minimum Gasteiger partial charge on any atom is -0.351 e. The number of hydrogen-bond donors (Lipinski definition) is 1. The number of rotatable bonds is 3. The molecule has 1 saturated heterocycles. The Hall–Kier alpha value is -2.47. The Morgan fingerprint density at radius 3 is 2.83 bits per heavy atom. The lowest BCUT2D eigenvalue weighted by molar-refractivity contribution is 0.348. The zero-order chi connectivity index (χ0) is 16.5. The molecule has 6 nitrogen and oxygen atoms in total. The molecule has 124 valence electrons. The summed E-state index contributed by atoms with van der Waals surface area (Å²) in [4.78, 5) is 11.4. The maximum atomic E-state index is 6.06. The maximum Gasteiger partial charge on any atom is 0.168 e. The van der Waals surface area contributed by atoms with Gasteiger partial charge in [-0.1, -0.05) is 25.1 Å². The average Bonchev–Trinajstić information content (AvgIpc) is 3.06. The molecule has 3 heterocycles. The summed E-state index contributed by atoms with van der Waals surface area (Å²) in [6.45, 7) is 3.89. The van der Waals surface area contributed by atoms with Crippen LogP contribution in [0.25, 0.3) is 16.7 Å². The number of para-hydroxylation sites is 1. The third-order valence-corrected chi connectivity index (χ3v) is 4.97. The average molecular weight is 322 g/mol. The normalized spacial score (nSPS) is 21.3. The van der Waals surface area contributed by atoms with Gasteiger partial charge >= 0.3 is 0 Å². The Labute approximate surface area is 141 Å². The largest absolute Gasteiger partial charge is 0.351 e. The van der Waals surface area contributed by atoms with Crippen molar-refractivity contribution in [2.75, 3.05) is 18.0 Å². The highest BCUT2D eigenvalue weighted by atomic mass is 15.3. The van der Waals surface area contributed by atoms with E-state index < -0.39 is 0 Å². The molecule has 2 aromatic heterocycles. The summed E-state index contributed by atoms with van der Waals surface area (Å²) in [5, 5.41) is 5.53. The summed E-state index contributed by atoms with van der Waals surface area (Å²) in [6, 6.07) is 10.4. The van der Waals surface area contributed by atoms with Crippen LogP contribution in [0, 0.1) is 5.92 Å². The third-order valence-electron chi connectivity index (χ3n) is 4.97. The number of aromatic nitrogens is 4. The van der Waals surface area contributed by atoms with E-state index >= 15 is 0 Å². The quantitative estimate of drug-likeness (QED) is 0.801. The Bertz CT molecular complexity index is 828. The number of nitrogens with zero attached hydrogens (tertiary/aromatic N) is 5. The summed E-state index contributed by atoms with van der Waals surface area (Å²) < 4.78 is 1.87. The van der Waals surface area contributed by atoms with Gasteiger partial charge in [-0.05, 0) is 30.9 Å². The Balaban J connectivity index is 1.81. The first kappa shape index (κ1) is 15.1. The van der Waals surface area contributed by atoms with E-state index in [1.807, 2.05) is 41.2 Å². The van der Waals surface area contributed by atoms with Crippen molar-refractivity contribution in [2.45, 2.75) is 25.8 Å². The Morgan fingerprint density at radius 1 is 1.21 bits per heavy atom. The first-order valence-electron chi connectivity index (χ1n) is 8.50.